The zero-order valence-electron chi connectivity index (χ0n) is 10.5. The average Bonchev–Trinajstić information content (AvgIpc) is 2.82. The van der Waals surface area contributed by atoms with Gasteiger partial charge in [-0.25, -0.2) is 14.1 Å². The van der Waals surface area contributed by atoms with Gasteiger partial charge in [-0.05, 0) is 25.0 Å². The van der Waals surface area contributed by atoms with Crippen LogP contribution in [0.5, 0.6) is 0 Å². The first kappa shape index (κ1) is 13.0. The van der Waals surface area contributed by atoms with Gasteiger partial charge >= 0.3 is 0 Å². The number of hydrogen-bond acceptors (Lipinski definition) is 2. The molecule has 96 valence electrons. The van der Waals surface area contributed by atoms with Gasteiger partial charge in [-0.2, -0.15) is 5.10 Å². The van der Waals surface area contributed by atoms with Crippen LogP contribution in [0.15, 0.2) is 18.3 Å². The topological polar surface area (TPSA) is 30.7 Å². The van der Waals surface area contributed by atoms with Gasteiger partial charge in [0.25, 0.3) is 0 Å². The molecule has 0 aliphatic carbocycles. The normalized spacial score (nSPS) is 10.9. The Labute approximate surface area is 111 Å². The number of aryl methyl sites for hydroxylation is 2. The van der Waals surface area contributed by atoms with Gasteiger partial charge in [-0.3, -0.25) is 0 Å². The fourth-order valence-electron chi connectivity index (χ4n) is 1.81. The van der Waals surface area contributed by atoms with E-state index >= 15 is 0 Å². The van der Waals surface area contributed by atoms with Gasteiger partial charge in [0, 0.05) is 17.5 Å². The van der Waals surface area contributed by atoms with Crippen LogP contribution >= 0.6 is 11.6 Å². The molecule has 0 amide bonds. The molecule has 5 heteroatoms. The highest BCUT2D eigenvalue weighted by atomic mass is 35.5. The summed E-state index contributed by atoms with van der Waals surface area (Å²) in [6.07, 6.45) is 3.15. The second-order valence-corrected chi connectivity index (χ2v) is 4.25. The molecule has 0 aliphatic heterocycles. The van der Waals surface area contributed by atoms with Crippen LogP contribution in [0.2, 0.25) is 0 Å². The molecule has 0 saturated carbocycles. The SMILES string of the molecule is CCc1cc(CC)n(-c2nccc(CCl)c2F)n1. The summed E-state index contributed by atoms with van der Waals surface area (Å²) in [6, 6.07) is 3.57. The molecule has 0 spiro atoms. The monoisotopic (exact) mass is 267 g/mol. The van der Waals surface area contributed by atoms with E-state index in [9.17, 15) is 4.39 Å². The first-order valence-electron chi connectivity index (χ1n) is 5.98. The Morgan fingerprint density at radius 1 is 1.33 bits per heavy atom. The van der Waals surface area contributed by atoms with Crippen LogP contribution in [0.4, 0.5) is 4.39 Å². The van der Waals surface area contributed by atoms with Crippen molar-refractivity contribution >= 4 is 11.6 Å². The van der Waals surface area contributed by atoms with Gasteiger partial charge in [0.15, 0.2) is 11.6 Å². The van der Waals surface area contributed by atoms with Crippen molar-refractivity contribution in [2.45, 2.75) is 32.6 Å². The van der Waals surface area contributed by atoms with Crippen LogP contribution in [-0.4, -0.2) is 14.8 Å². The number of alkyl halides is 1. The Morgan fingerprint density at radius 2 is 2.11 bits per heavy atom. The maximum atomic E-state index is 14.2. The maximum absolute atomic E-state index is 14.2. The van der Waals surface area contributed by atoms with Crippen LogP contribution in [0.3, 0.4) is 0 Å². The predicted octanol–water partition coefficient (Wildman–Crippen LogP) is 3.27. The largest absolute Gasteiger partial charge is 0.235 e. The van der Waals surface area contributed by atoms with Crippen molar-refractivity contribution in [3.05, 3.63) is 41.1 Å². The molecule has 2 aromatic rings. The van der Waals surface area contributed by atoms with E-state index < -0.39 is 5.82 Å². The van der Waals surface area contributed by atoms with E-state index in [0.29, 0.717) is 5.56 Å². The minimum absolute atomic E-state index is 0.130. The predicted molar refractivity (Wildman–Crippen MR) is 69.6 cm³/mol. The zero-order chi connectivity index (χ0) is 13.1. The second-order valence-electron chi connectivity index (χ2n) is 3.99. The quantitative estimate of drug-likeness (QED) is 0.796. The molecule has 0 bridgehead atoms. The van der Waals surface area contributed by atoms with Crippen LogP contribution < -0.4 is 0 Å². The van der Waals surface area contributed by atoms with E-state index in [1.54, 1.807) is 16.9 Å². The molecule has 3 nitrogen and oxygen atoms in total. The van der Waals surface area contributed by atoms with Crippen molar-refractivity contribution in [1.29, 1.82) is 0 Å². The highest BCUT2D eigenvalue weighted by Gasteiger charge is 2.15. The number of hydrogen-bond donors (Lipinski definition) is 0. The molecule has 2 heterocycles. The molecule has 0 radical (unpaired) electrons. The highest BCUT2D eigenvalue weighted by molar-refractivity contribution is 6.17. The minimum atomic E-state index is -0.395. The summed E-state index contributed by atoms with van der Waals surface area (Å²) in [5.74, 6) is -0.0392. The summed E-state index contributed by atoms with van der Waals surface area (Å²) >= 11 is 5.70. The van der Waals surface area contributed by atoms with E-state index in [1.165, 1.54) is 0 Å². The van der Waals surface area contributed by atoms with E-state index in [0.717, 1.165) is 24.2 Å². The van der Waals surface area contributed by atoms with Crippen LogP contribution in [0.1, 0.15) is 30.8 Å². The summed E-state index contributed by atoms with van der Waals surface area (Å²) in [6.45, 7) is 4.03. The average molecular weight is 268 g/mol. The Hall–Kier alpha value is -1.42. The Kier molecular flexibility index (Phi) is 3.97. The van der Waals surface area contributed by atoms with E-state index in [2.05, 4.69) is 10.1 Å². The number of pyridine rings is 1. The van der Waals surface area contributed by atoms with Crippen LogP contribution in [0, 0.1) is 5.82 Å². The van der Waals surface area contributed by atoms with Gasteiger partial charge in [0.1, 0.15) is 0 Å². The summed E-state index contributed by atoms with van der Waals surface area (Å²) < 4.78 is 15.8. The lowest BCUT2D eigenvalue weighted by Crippen LogP contribution is -2.08. The van der Waals surface area contributed by atoms with E-state index in [1.807, 2.05) is 19.9 Å². The number of aromatic nitrogens is 3. The van der Waals surface area contributed by atoms with Gasteiger partial charge in [0.2, 0.25) is 0 Å². The summed E-state index contributed by atoms with van der Waals surface area (Å²) in [4.78, 5) is 4.08. The van der Waals surface area contributed by atoms with Gasteiger partial charge in [-0.1, -0.05) is 13.8 Å². The van der Waals surface area contributed by atoms with Crippen molar-refractivity contribution < 1.29 is 4.39 Å². The molecule has 0 N–H and O–H groups in total. The van der Waals surface area contributed by atoms with Gasteiger partial charge in [0.05, 0.1) is 11.6 Å². The summed E-state index contributed by atoms with van der Waals surface area (Å²) in [7, 11) is 0. The smallest absolute Gasteiger partial charge is 0.190 e. The maximum Gasteiger partial charge on any atom is 0.190 e. The number of rotatable bonds is 4. The minimum Gasteiger partial charge on any atom is -0.235 e. The van der Waals surface area contributed by atoms with Crippen molar-refractivity contribution in [2.24, 2.45) is 0 Å². The molecular formula is C13H15ClFN3. The Morgan fingerprint density at radius 3 is 2.72 bits per heavy atom. The third kappa shape index (κ3) is 2.25. The zero-order valence-corrected chi connectivity index (χ0v) is 11.2. The fourth-order valence-corrected chi connectivity index (χ4v) is 2.01. The fraction of sp³-hybridized carbons (Fsp3) is 0.385. The number of halogens is 2. The molecule has 2 rings (SSSR count). The van der Waals surface area contributed by atoms with Crippen molar-refractivity contribution in [1.82, 2.24) is 14.8 Å². The van der Waals surface area contributed by atoms with Crippen molar-refractivity contribution in [2.75, 3.05) is 0 Å². The van der Waals surface area contributed by atoms with E-state index in [-0.39, 0.29) is 11.7 Å². The molecular weight excluding hydrogens is 253 g/mol. The molecule has 0 aromatic carbocycles. The lowest BCUT2D eigenvalue weighted by Gasteiger charge is -2.08. The molecule has 18 heavy (non-hydrogen) atoms. The number of nitrogens with zero attached hydrogens (tertiary/aromatic N) is 3. The molecule has 0 fully saturated rings. The van der Waals surface area contributed by atoms with E-state index in [4.69, 9.17) is 11.6 Å². The van der Waals surface area contributed by atoms with Crippen molar-refractivity contribution in [3.63, 3.8) is 0 Å². The van der Waals surface area contributed by atoms with Gasteiger partial charge in [-0.15, -0.1) is 11.6 Å². The third-order valence-electron chi connectivity index (χ3n) is 2.85. The van der Waals surface area contributed by atoms with Crippen LogP contribution in [0.25, 0.3) is 5.82 Å². The standard InChI is InChI=1S/C13H15ClFN3/c1-3-10-7-11(4-2)18(17-10)13-12(15)9(8-14)5-6-16-13/h5-7H,3-4,8H2,1-2H3. The van der Waals surface area contributed by atoms with Crippen molar-refractivity contribution in [3.8, 4) is 5.82 Å². The highest BCUT2D eigenvalue weighted by Crippen LogP contribution is 2.18. The molecule has 0 unspecified atom stereocenters. The molecule has 0 aliphatic rings. The first-order valence-corrected chi connectivity index (χ1v) is 6.52. The first-order chi connectivity index (χ1) is 8.71. The Balaban J connectivity index is 2.57. The summed E-state index contributed by atoms with van der Waals surface area (Å²) in [5.41, 5.74) is 2.33. The van der Waals surface area contributed by atoms with Gasteiger partial charge < -0.3 is 0 Å². The Bertz CT molecular complexity index is 551. The lowest BCUT2D eigenvalue weighted by molar-refractivity contribution is 0.585. The van der Waals surface area contributed by atoms with Crippen LogP contribution in [-0.2, 0) is 18.7 Å². The second kappa shape index (κ2) is 5.48. The molecule has 0 saturated heterocycles. The third-order valence-corrected chi connectivity index (χ3v) is 3.14. The molecule has 2 aromatic heterocycles. The summed E-state index contributed by atoms with van der Waals surface area (Å²) in [5, 5.41) is 4.38. The molecule has 0 atom stereocenters. The lowest BCUT2D eigenvalue weighted by atomic mass is 10.2.